The molecule has 14 nitrogen and oxygen atoms in total. The summed E-state index contributed by atoms with van der Waals surface area (Å²) in [5, 5.41) is 2.22. The number of carbonyl (C=O) groups excluding carboxylic acids is 3. The van der Waals surface area contributed by atoms with Gasteiger partial charge >= 0.3 is 13.7 Å². The molecule has 4 rings (SSSR count). The van der Waals surface area contributed by atoms with Crippen LogP contribution in [0.3, 0.4) is 0 Å². The third-order valence-electron chi connectivity index (χ3n) is 7.19. The van der Waals surface area contributed by atoms with E-state index >= 15 is 0 Å². The number of carbonyl (C=O) groups is 3. The summed E-state index contributed by atoms with van der Waals surface area (Å²) in [7, 11) is -3.51. The smallest absolute Gasteiger partial charge is 0.409 e. The minimum atomic E-state index is -5.14. The number of ether oxygens (including phenoxy) is 2. The Balaban J connectivity index is 1.51. The highest BCUT2D eigenvalue weighted by Gasteiger charge is 2.41. The number of nitrogens with zero attached hydrogens (tertiary/aromatic N) is 5. The number of hydrogen-bond acceptors (Lipinski definition) is 9. The van der Waals surface area contributed by atoms with Crippen molar-refractivity contribution in [2.24, 2.45) is 0 Å². The maximum Gasteiger partial charge on any atom is 0.409 e. The maximum absolute atomic E-state index is 13.4. The van der Waals surface area contributed by atoms with E-state index in [9.17, 15) is 28.7 Å². The van der Waals surface area contributed by atoms with Crippen molar-refractivity contribution in [1.82, 2.24) is 25.1 Å². The normalized spacial score (nSPS) is 18.1. The van der Waals surface area contributed by atoms with Crippen LogP contribution in [0.4, 0.5) is 10.6 Å². The van der Waals surface area contributed by atoms with Gasteiger partial charge in [0.2, 0.25) is 5.78 Å². The molecule has 1 aromatic heterocycles. The first-order chi connectivity index (χ1) is 20.1. The van der Waals surface area contributed by atoms with E-state index < -0.39 is 31.3 Å². The highest BCUT2D eigenvalue weighted by molar-refractivity contribution is 7.53. The maximum atomic E-state index is 13.4. The second-order valence-corrected chi connectivity index (χ2v) is 11.8. The number of amides is 3. The predicted octanol–water partition coefficient (Wildman–Crippen LogP) is 1.68. The molecule has 228 valence electrons. The SMILES string of the molecule is CCCCOC(=O)N1CCN(C(=O)C(NC(=O)c2cc(N3CCC(OC)C3)nc(-c3ccccc3)n2)P(=O)(O)O)CC1. The number of nitrogens with one attached hydrogen (secondary N) is 1. The molecule has 2 unspecified atom stereocenters. The van der Waals surface area contributed by atoms with Crippen molar-refractivity contribution in [2.45, 2.75) is 38.1 Å². The summed E-state index contributed by atoms with van der Waals surface area (Å²) >= 11 is 0. The van der Waals surface area contributed by atoms with Gasteiger partial charge in [0, 0.05) is 58.0 Å². The first kappa shape index (κ1) is 31.4. The lowest BCUT2D eigenvalue weighted by Crippen LogP contribution is -2.55. The van der Waals surface area contributed by atoms with Crippen LogP contribution in [0.1, 0.15) is 36.7 Å². The Morgan fingerprint density at radius 2 is 1.76 bits per heavy atom. The molecule has 1 aromatic carbocycles. The molecule has 3 amide bonds. The molecule has 0 radical (unpaired) electrons. The van der Waals surface area contributed by atoms with Gasteiger partial charge in [-0.15, -0.1) is 0 Å². The molecule has 0 saturated carbocycles. The Bertz CT molecular complexity index is 1300. The van der Waals surface area contributed by atoms with E-state index in [1.807, 2.05) is 17.9 Å². The van der Waals surface area contributed by atoms with Gasteiger partial charge in [-0.2, -0.15) is 0 Å². The van der Waals surface area contributed by atoms with Crippen molar-refractivity contribution in [3.63, 3.8) is 0 Å². The van der Waals surface area contributed by atoms with Crippen molar-refractivity contribution in [3.05, 3.63) is 42.1 Å². The summed E-state index contributed by atoms with van der Waals surface area (Å²) < 4.78 is 23.1. The molecule has 2 aliphatic heterocycles. The van der Waals surface area contributed by atoms with Crippen molar-refractivity contribution >= 4 is 31.3 Å². The molecular weight excluding hydrogens is 567 g/mol. The molecule has 3 N–H and O–H groups in total. The quantitative estimate of drug-likeness (QED) is 0.266. The number of rotatable bonds is 10. The second kappa shape index (κ2) is 14.1. The Kier molecular flexibility index (Phi) is 10.5. The van der Waals surface area contributed by atoms with Crippen LogP contribution in [0.2, 0.25) is 0 Å². The van der Waals surface area contributed by atoms with Gasteiger partial charge in [0.15, 0.2) is 5.82 Å². The number of methoxy groups -OCH3 is 1. The monoisotopic (exact) mass is 604 g/mol. The molecule has 2 saturated heterocycles. The molecule has 0 spiro atoms. The molecule has 2 atom stereocenters. The van der Waals surface area contributed by atoms with Gasteiger partial charge in [-0.25, -0.2) is 14.8 Å². The number of anilines is 1. The topological polar surface area (TPSA) is 175 Å². The number of unbranched alkanes of at least 4 members (excludes halogenated alkanes) is 1. The van der Waals surface area contributed by atoms with Gasteiger partial charge in [0.1, 0.15) is 11.5 Å². The van der Waals surface area contributed by atoms with Gasteiger partial charge in [-0.05, 0) is 12.8 Å². The molecule has 2 aromatic rings. The summed E-state index contributed by atoms with van der Waals surface area (Å²) in [6.07, 6.45) is 1.87. The molecule has 0 bridgehead atoms. The second-order valence-electron chi connectivity index (χ2n) is 10.1. The lowest BCUT2D eigenvalue weighted by atomic mass is 10.2. The molecule has 3 heterocycles. The molecule has 42 heavy (non-hydrogen) atoms. The first-order valence-corrected chi connectivity index (χ1v) is 15.6. The highest BCUT2D eigenvalue weighted by Crippen LogP contribution is 2.41. The van der Waals surface area contributed by atoms with Crippen LogP contribution in [0.15, 0.2) is 36.4 Å². The average molecular weight is 605 g/mol. The predicted molar refractivity (Wildman–Crippen MR) is 153 cm³/mol. The lowest BCUT2D eigenvalue weighted by molar-refractivity contribution is -0.133. The molecule has 15 heteroatoms. The summed E-state index contributed by atoms with van der Waals surface area (Å²) in [4.78, 5) is 72.6. The highest BCUT2D eigenvalue weighted by atomic mass is 31.2. The van der Waals surface area contributed by atoms with Gasteiger partial charge in [0.25, 0.3) is 11.8 Å². The number of benzene rings is 1. The van der Waals surface area contributed by atoms with E-state index in [0.29, 0.717) is 31.1 Å². The fourth-order valence-corrected chi connectivity index (χ4v) is 5.46. The van der Waals surface area contributed by atoms with Crippen molar-refractivity contribution in [1.29, 1.82) is 0 Å². The van der Waals surface area contributed by atoms with Crippen LogP contribution in [0, 0.1) is 0 Å². The van der Waals surface area contributed by atoms with Crippen LogP contribution >= 0.6 is 7.60 Å². The zero-order valence-corrected chi connectivity index (χ0v) is 24.6. The van der Waals surface area contributed by atoms with E-state index in [1.165, 1.54) is 15.9 Å². The van der Waals surface area contributed by atoms with Crippen molar-refractivity contribution in [3.8, 4) is 11.4 Å². The Morgan fingerprint density at radius 3 is 2.38 bits per heavy atom. The summed E-state index contributed by atoms with van der Waals surface area (Å²) in [6.45, 7) is 3.77. The zero-order chi connectivity index (χ0) is 30.3. The van der Waals surface area contributed by atoms with E-state index in [-0.39, 0.29) is 43.8 Å². The first-order valence-electron chi connectivity index (χ1n) is 13.9. The van der Waals surface area contributed by atoms with E-state index in [4.69, 9.17) is 9.47 Å². The minimum absolute atomic E-state index is 0.00672. The van der Waals surface area contributed by atoms with Crippen LogP contribution in [-0.2, 0) is 18.8 Å². The largest absolute Gasteiger partial charge is 0.449 e. The molecule has 0 aliphatic carbocycles. The minimum Gasteiger partial charge on any atom is -0.449 e. The van der Waals surface area contributed by atoms with Gasteiger partial charge < -0.3 is 39.3 Å². The van der Waals surface area contributed by atoms with Gasteiger partial charge in [-0.3, -0.25) is 14.2 Å². The van der Waals surface area contributed by atoms with Crippen LogP contribution < -0.4 is 10.2 Å². The molecule has 2 aliphatic rings. The third kappa shape index (κ3) is 7.82. The van der Waals surface area contributed by atoms with Gasteiger partial charge in [0.05, 0.1) is 12.7 Å². The summed E-state index contributed by atoms with van der Waals surface area (Å²) in [5.41, 5.74) is 0.496. The summed E-state index contributed by atoms with van der Waals surface area (Å²) in [6, 6.07) is 10.4. The number of aromatic nitrogens is 2. The Labute approximate surface area is 244 Å². The Morgan fingerprint density at radius 1 is 1.07 bits per heavy atom. The van der Waals surface area contributed by atoms with E-state index in [1.54, 1.807) is 31.4 Å². The van der Waals surface area contributed by atoms with Crippen LogP contribution in [-0.4, -0.2) is 112 Å². The summed E-state index contributed by atoms with van der Waals surface area (Å²) in [5.74, 6) is -3.31. The van der Waals surface area contributed by atoms with E-state index in [2.05, 4.69) is 15.3 Å². The average Bonchev–Trinajstić information content (AvgIpc) is 3.49. The molecular formula is C27H37N6O8P. The van der Waals surface area contributed by atoms with Crippen LogP contribution in [0.25, 0.3) is 11.4 Å². The van der Waals surface area contributed by atoms with Crippen LogP contribution in [0.5, 0.6) is 0 Å². The lowest BCUT2D eigenvalue weighted by Gasteiger charge is -2.36. The molecule has 2 fully saturated rings. The fourth-order valence-electron chi connectivity index (χ4n) is 4.72. The van der Waals surface area contributed by atoms with Crippen molar-refractivity contribution < 1.29 is 38.2 Å². The van der Waals surface area contributed by atoms with E-state index in [0.717, 1.165) is 19.3 Å². The number of piperazine rings is 1. The third-order valence-corrected chi connectivity index (χ3v) is 8.21. The standard InChI is InChI=1S/C27H37N6O8P/c1-3-4-16-41-27(36)32-14-12-31(13-15-32)26(35)25(42(37,38)39)30-24(34)21-17-22(33-11-10-20(18-33)40-2)29-23(28-21)19-8-6-5-7-9-19/h5-9,17,20,25H,3-4,10-16,18H2,1-2H3,(H,30,34)(H2,37,38,39). The Hall–Kier alpha value is -3.58. The van der Waals surface area contributed by atoms with Crippen molar-refractivity contribution in [2.75, 3.05) is 57.9 Å². The zero-order valence-electron chi connectivity index (χ0n) is 23.7. The fraction of sp³-hybridized carbons (Fsp3) is 0.519. The van der Waals surface area contributed by atoms with Gasteiger partial charge in [-0.1, -0.05) is 43.7 Å². The number of hydrogen-bond donors (Lipinski definition) is 3.